The second kappa shape index (κ2) is 12.7. The highest BCUT2D eigenvalue weighted by Gasteiger charge is 2.12. The van der Waals surface area contributed by atoms with Gasteiger partial charge in [0.15, 0.2) is 0 Å². The minimum atomic E-state index is 0.951. The Morgan fingerprint density at radius 2 is 1.56 bits per heavy atom. The Morgan fingerprint density at radius 3 is 2.28 bits per heavy atom. The molecule has 0 saturated carbocycles. The van der Waals surface area contributed by atoms with Crippen molar-refractivity contribution in [1.82, 2.24) is 5.32 Å². The summed E-state index contributed by atoms with van der Waals surface area (Å²) in [6, 6.07) is 0. The number of ether oxygens (including phenoxy) is 1. The van der Waals surface area contributed by atoms with Crippen molar-refractivity contribution in [1.29, 1.82) is 0 Å². The summed E-state index contributed by atoms with van der Waals surface area (Å²) in [7, 11) is 0. The van der Waals surface area contributed by atoms with E-state index in [0.717, 1.165) is 19.1 Å². The number of rotatable bonds is 11. The molecule has 0 aromatic heterocycles. The number of alkyl halides is 1. The maximum Gasteiger partial charge on any atom is 0.0468 e. The summed E-state index contributed by atoms with van der Waals surface area (Å²) in [6.07, 6.45) is 12.3. The third-order valence-electron chi connectivity index (χ3n) is 3.79. The van der Waals surface area contributed by atoms with Crippen LogP contribution in [0, 0.1) is 5.92 Å². The molecule has 1 saturated heterocycles. The standard InChI is InChI=1S/C15H30INO/c16-10-4-1-2-5-11-17-12-6-3-7-15-8-13-18-14-9-15/h15,17H,1-14H2. The summed E-state index contributed by atoms with van der Waals surface area (Å²) < 4.78 is 6.70. The average Bonchev–Trinajstić information content (AvgIpc) is 2.42. The molecule has 0 aliphatic carbocycles. The van der Waals surface area contributed by atoms with Crippen LogP contribution in [0.2, 0.25) is 0 Å². The predicted octanol–water partition coefficient (Wildman–Crippen LogP) is 4.17. The number of unbranched alkanes of at least 4 members (excludes halogenated alkanes) is 4. The van der Waals surface area contributed by atoms with Crippen LogP contribution in [-0.4, -0.2) is 30.7 Å². The Balaban J connectivity index is 1.73. The highest BCUT2D eigenvalue weighted by atomic mass is 127. The average molecular weight is 367 g/mol. The van der Waals surface area contributed by atoms with Gasteiger partial charge in [0, 0.05) is 13.2 Å². The van der Waals surface area contributed by atoms with Gasteiger partial charge in [-0.15, -0.1) is 0 Å². The SMILES string of the molecule is ICCCCCCNCCCCC1CCOCC1. The van der Waals surface area contributed by atoms with Gasteiger partial charge in [0.2, 0.25) is 0 Å². The van der Waals surface area contributed by atoms with Crippen LogP contribution >= 0.6 is 22.6 Å². The summed E-state index contributed by atoms with van der Waals surface area (Å²) in [4.78, 5) is 0. The second-order valence-electron chi connectivity index (χ2n) is 5.40. The Kier molecular flexibility index (Phi) is 11.8. The lowest BCUT2D eigenvalue weighted by atomic mass is 9.94. The van der Waals surface area contributed by atoms with Crippen LogP contribution in [0.5, 0.6) is 0 Å². The van der Waals surface area contributed by atoms with Gasteiger partial charge in [-0.2, -0.15) is 0 Å². The third-order valence-corrected chi connectivity index (χ3v) is 4.56. The summed E-state index contributed by atoms with van der Waals surface area (Å²) in [5.74, 6) is 0.951. The fourth-order valence-electron chi connectivity index (χ4n) is 2.54. The van der Waals surface area contributed by atoms with Gasteiger partial charge in [-0.3, -0.25) is 0 Å². The van der Waals surface area contributed by atoms with E-state index in [-0.39, 0.29) is 0 Å². The number of nitrogens with one attached hydrogen (secondary N) is 1. The van der Waals surface area contributed by atoms with Crippen molar-refractivity contribution in [2.24, 2.45) is 5.92 Å². The predicted molar refractivity (Wildman–Crippen MR) is 87.6 cm³/mol. The molecule has 18 heavy (non-hydrogen) atoms. The van der Waals surface area contributed by atoms with Crippen molar-refractivity contribution in [3.05, 3.63) is 0 Å². The third kappa shape index (κ3) is 9.56. The molecule has 1 fully saturated rings. The molecule has 0 aromatic carbocycles. The topological polar surface area (TPSA) is 21.3 Å². The molecule has 0 bridgehead atoms. The van der Waals surface area contributed by atoms with Gasteiger partial charge < -0.3 is 10.1 Å². The number of halogens is 1. The van der Waals surface area contributed by atoms with Gasteiger partial charge >= 0.3 is 0 Å². The van der Waals surface area contributed by atoms with E-state index in [1.165, 1.54) is 75.3 Å². The Bertz CT molecular complexity index is 172. The summed E-state index contributed by atoms with van der Waals surface area (Å²) >= 11 is 2.47. The lowest BCUT2D eigenvalue weighted by Gasteiger charge is -2.21. The van der Waals surface area contributed by atoms with E-state index in [4.69, 9.17) is 4.74 Å². The first-order chi connectivity index (χ1) is 8.93. The van der Waals surface area contributed by atoms with E-state index in [0.29, 0.717) is 0 Å². The normalized spacial score (nSPS) is 17.2. The van der Waals surface area contributed by atoms with Crippen LogP contribution in [0.3, 0.4) is 0 Å². The molecule has 0 unspecified atom stereocenters. The first-order valence-electron chi connectivity index (χ1n) is 7.78. The van der Waals surface area contributed by atoms with Crippen LogP contribution in [0.4, 0.5) is 0 Å². The van der Waals surface area contributed by atoms with E-state index >= 15 is 0 Å². The van der Waals surface area contributed by atoms with Crippen LogP contribution < -0.4 is 5.32 Å². The molecule has 108 valence electrons. The van der Waals surface area contributed by atoms with Crippen LogP contribution in [-0.2, 0) is 4.74 Å². The molecule has 1 heterocycles. The van der Waals surface area contributed by atoms with Gasteiger partial charge in [0.1, 0.15) is 0 Å². The minimum Gasteiger partial charge on any atom is -0.381 e. The number of hydrogen-bond acceptors (Lipinski definition) is 2. The van der Waals surface area contributed by atoms with Crippen LogP contribution in [0.1, 0.15) is 57.8 Å². The highest BCUT2D eigenvalue weighted by molar-refractivity contribution is 14.1. The fraction of sp³-hybridized carbons (Fsp3) is 1.00. The van der Waals surface area contributed by atoms with E-state index < -0.39 is 0 Å². The molecule has 1 rings (SSSR count). The molecule has 1 N–H and O–H groups in total. The van der Waals surface area contributed by atoms with E-state index in [9.17, 15) is 0 Å². The van der Waals surface area contributed by atoms with Crippen molar-refractivity contribution in [2.75, 3.05) is 30.7 Å². The molecule has 2 nitrogen and oxygen atoms in total. The fourth-order valence-corrected chi connectivity index (χ4v) is 3.08. The summed E-state index contributed by atoms with van der Waals surface area (Å²) in [6.45, 7) is 4.44. The Hall–Kier alpha value is 0.650. The molecule has 0 spiro atoms. The van der Waals surface area contributed by atoms with Crippen molar-refractivity contribution in [3.8, 4) is 0 Å². The molecule has 0 atom stereocenters. The molecular formula is C15H30INO. The molecule has 1 aliphatic rings. The van der Waals surface area contributed by atoms with Gasteiger partial charge in [0.25, 0.3) is 0 Å². The lowest BCUT2D eigenvalue weighted by Crippen LogP contribution is -2.18. The highest BCUT2D eigenvalue weighted by Crippen LogP contribution is 2.20. The van der Waals surface area contributed by atoms with E-state index in [1.54, 1.807) is 0 Å². The van der Waals surface area contributed by atoms with Crippen molar-refractivity contribution >= 4 is 22.6 Å². The molecular weight excluding hydrogens is 337 g/mol. The molecule has 1 aliphatic heterocycles. The first kappa shape index (κ1) is 16.7. The number of hydrogen-bond donors (Lipinski definition) is 1. The van der Waals surface area contributed by atoms with Gasteiger partial charge in [-0.25, -0.2) is 0 Å². The zero-order valence-electron chi connectivity index (χ0n) is 11.8. The van der Waals surface area contributed by atoms with E-state index in [1.807, 2.05) is 0 Å². The largest absolute Gasteiger partial charge is 0.381 e. The van der Waals surface area contributed by atoms with Crippen molar-refractivity contribution in [2.45, 2.75) is 57.8 Å². The van der Waals surface area contributed by atoms with Gasteiger partial charge in [0.05, 0.1) is 0 Å². The smallest absolute Gasteiger partial charge is 0.0468 e. The Labute approximate surface area is 127 Å². The van der Waals surface area contributed by atoms with Crippen LogP contribution in [0.25, 0.3) is 0 Å². The first-order valence-corrected chi connectivity index (χ1v) is 9.30. The second-order valence-corrected chi connectivity index (χ2v) is 6.48. The zero-order valence-corrected chi connectivity index (χ0v) is 13.9. The van der Waals surface area contributed by atoms with Crippen LogP contribution in [0.15, 0.2) is 0 Å². The summed E-state index contributed by atoms with van der Waals surface area (Å²) in [5.41, 5.74) is 0. The van der Waals surface area contributed by atoms with Gasteiger partial charge in [-0.1, -0.05) is 48.3 Å². The Morgan fingerprint density at radius 1 is 0.889 bits per heavy atom. The van der Waals surface area contributed by atoms with Crippen molar-refractivity contribution in [3.63, 3.8) is 0 Å². The minimum absolute atomic E-state index is 0.951. The molecule has 0 amide bonds. The maximum absolute atomic E-state index is 5.39. The van der Waals surface area contributed by atoms with Gasteiger partial charge in [-0.05, 0) is 55.5 Å². The molecule has 0 radical (unpaired) electrons. The van der Waals surface area contributed by atoms with E-state index in [2.05, 4.69) is 27.9 Å². The summed E-state index contributed by atoms with van der Waals surface area (Å²) in [5, 5.41) is 3.57. The molecule has 0 aromatic rings. The lowest BCUT2D eigenvalue weighted by molar-refractivity contribution is 0.0632. The zero-order chi connectivity index (χ0) is 12.9. The quantitative estimate of drug-likeness (QED) is 0.336. The maximum atomic E-state index is 5.39. The monoisotopic (exact) mass is 367 g/mol. The van der Waals surface area contributed by atoms with Crippen molar-refractivity contribution < 1.29 is 4.74 Å². The molecule has 3 heteroatoms.